The number of nitriles is 1. The molecule has 0 aliphatic rings. The lowest BCUT2D eigenvalue weighted by Gasteiger charge is -2.12. The number of nitrogens with zero attached hydrogens (tertiary/aromatic N) is 5. The number of aromatic nitrogens is 3. The molecule has 7 aromatic rings. The molecule has 0 spiro atoms. The second kappa shape index (κ2) is 8.95. The normalized spacial score (nSPS) is 11.0. The first-order chi connectivity index (χ1) is 19.2. The Kier molecular flexibility index (Phi) is 5.15. The van der Waals surface area contributed by atoms with Gasteiger partial charge in [-0.3, -0.25) is 9.97 Å². The minimum atomic E-state index is 0.560. The highest BCUT2D eigenvalue weighted by Gasteiger charge is 2.19. The minimum absolute atomic E-state index is 0.560. The monoisotopic (exact) mass is 497 g/mol. The summed E-state index contributed by atoms with van der Waals surface area (Å²) in [6.45, 7) is 7.50. The van der Waals surface area contributed by atoms with Crippen molar-refractivity contribution in [2.24, 2.45) is 0 Å². The van der Waals surface area contributed by atoms with Gasteiger partial charge in [-0.1, -0.05) is 54.6 Å². The molecule has 0 N–H and O–H groups in total. The van der Waals surface area contributed by atoms with Crippen LogP contribution in [0.4, 0.5) is 5.69 Å². The molecular formula is C34H19N5. The summed E-state index contributed by atoms with van der Waals surface area (Å²) in [5.41, 5.74) is 7.72. The minimum Gasteiger partial charge on any atom is -0.309 e. The number of rotatable bonds is 3. The standard InChI is InChI=1S/C34H19N5/c1-36-24-14-16-38-31(19-24)29-20-33-34(27-10-6-5-9-26(27)29)28-12-11-23(30-17-22(21-35)13-15-37-30)18-32(28)39(33)25-7-3-2-4-8-25/h2-20H. The molecular weight excluding hydrogens is 478 g/mol. The molecule has 0 unspecified atom stereocenters. The van der Waals surface area contributed by atoms with Gasteiger partial charge in [-0.05, 0) is 59.3 Å². The van der Waals surface area contributed by atoms with Gasteiger partial charge in [0, 0.05) is 40.0 Å². The molecule has 39 heavy (non-hydrogen) atoms. The molecule has 0 radical (unpaired) electrons. The number of para-hydroxylation sites is 1. The first kappa shape index (κ1) is 22.4. The smallest absolute Gasteiger partial charge is 0.190 e. The van der Waals surface area contributed by atoms with Gasteiger partial charge in [0.05, 0.1) is 40.6 Å². The van der Waals surface area contributed by atoms with Crippen molar-refractivity contribution in [1.82, 2.24) is 14.5 Å². The number of pyridine rings is 2. The van der Waals surface area contributed by atoms with Crippen molar-refractivity contribution < 1.29 is 0 Å². The summed E-state index contributed by atoms with van der Waals surface area (Å²) >= 11 is 0. The summed E-state index contributed by atoms with van der Waals surface area (Å²) in [5.74, 6) is 0. The molecule has 3 heterocycles. The molecule has 3 aromatic heterocycles. The molecule has 4 aromatic carbocycles. The number of hydrogen-bond donors (Lipinski definition) is 0. The highest BCUT2D eigenvalue weighted by molar-refractivity contribution is 6.24. The van der Waals surface area contributed by atoms with E-state index in [1.54, 1.807) is 24.5 Å². The molecule has 0 atom stereocenters. The lowest BCUT2D eigenvalue weighted by molar-refractivity contribution is 1.18. The average molecular weight is 498 g/mol. The van der Waals surface area contributed by atoms with E-state index in [0.29, 0.717) is 11.3 Å². The van der Waals surface area contributed by atoms with Gasteiger partial charge in [0.1, 0.15) is 0 Å². The van der Waals surface area contributed by atoms with Crippen LogP contribution in [0, 0.1) is 17.9 Å². The van der Waals surface area contributed by atoms with Crippen molar-refractivity contribution in [3.63, 3.8) is 0 Å². The van der Waals surface area contributed by atoms with E-state index in [9.17, 15) is 5.26 Å². The predicted molar refractivity (Wildman–Crippen MR) is 156 cm³/mol. The molecule has 0 amide bonds. The maximum atomic E-state index is 9.42. The third-order valence-corrected chi connectivity index (χ3v) is 7.12. The number of hydrogen-bond acceptors (Lipinski definition) is 3. The van der Waals surface area contributed by atoms with Crippen molar-refractivity contribution in [1.29, 1.82) is 5.26 Å². The molecule has 0 saturated heterocycles. The molecule has 5 nitrogen and oxygen atoms in total. The van der Waals surface area contributed by atoms with Crippen LogP contribution in [0.3, 0.4) is 0 Å². The van der Waals surface area contributed by atoms with Crippen LogP contribution in [0.1, 0.15) is 5.56 Å². The fraction of sp³-hybridized carbons (Fsp3) is 0. The van der Waals surface area contributed by atoms with E-state index in [4.69, 9.17) is 6.57 Å². The van der Waals surface area contributed by atoms with Crippen LogP contribution in [0.2, 0.25) is 0 Å². The highest BCUT2D eigenvalue weighted by Crippen LogP contribution is 2.42. The maximum Gasteiger partial charge on any atom is 0.190 e. The van der Waals surface area contributed by atoms with Gasteiger partial charge in [-0.2, -0.15) is 5.26 Å². The van der Waals surface area contributed by atoms with E-state index in [2.05, 4.69) is 80.0 Å². The zero-order valence-electron chi connectivity index (χ0n) is 20.7. The second-order valence-corrected chi connectivity index (χ2v) is 9.32. The molecule has 0 aliphatic heterocycles. The van der Waals surface area contributed by atoms with E-state index in [1.807, 2.05) is 36.4 Å². The lowest BCUT2D eigenvalue weighted by Crippen LogP contribution is -1.95. The third kappa shape index (κ3) is 3.62. The van der Waals surface area contributed by atoms with Crippen LogP contribution in [0.25, 0.3) is 65.6 Å². The summed E-state index contributed by atoms with van der Waals surface area (Å²) in [4.78, 5) is 12.8. The van der Waals surface area contributed by atoms with Gasteiger partial charge in [0.2, 0.25) is 0 Å². The summed E-state index contributed by atoms with van der Waals surface area (Å²) in [7, 11) is 0. The highest BCUT2D eigenvalue weighted by atomic mass is 15.0. The summed E-state index contributed by atoms with van der Waals surface area (Å²) < 4.78 is 2.27. The van der Waals surface area contributed by atoms with Crippen LogP contribution in [0.15, 0.2) is 116 Å². The summed E-state index contributed by atoms with van der Waals surface area (Å²) in [6.07, 6.45) is 3.37. The Morgan fingerprint density at radius 1 is 0.692 bits per heavy atom. The first-order valence-corrected chi connectivity index (χ1v) is 12.5. The van der Waals surface area contributed by atoms with E-state index >= 15 is 0 Å². The van der Waals surface area contributed by atoms with E-state index < -0.39 is 0 Å². The summed E-state index contributed by atoms with van der Waals surface area (Å²) in [6, 6.07) is 36.6. The molecule has 0 bridgehead atoms. The van der Waals surface area contributed by atoms with Gasteiger partial charge in [0.15, 0.2) is 5.69 Å². The van der Waals surface area contributed by atoms with Crippen LogP contribution in [-0.2, 0) is 0 Å². The van der Waals surface area contributed by atoms with E-state index in [0.717, 1.165) is 60.8 Å². The van der Waals surface area contributed by atoms with Crippen LogP contribution in [0.5, 0.6) is 0 Å². The number of benzene rings is 4. The SMILES string of the molecule is [C-]#[N+]c1ccnc(-c2cc3c(c4ccccc24)c2ccc(-c4cc(C#N)ccn4)cc2n3-c2ccccc2)c1. The van der Waals surface area contributed by atoms with Gasteiger partial charge in [-0.25, -0.2) is 4.85 Å². The van der Waals surface area contributed by atoms with Crippen LogP contribution >= 0.6 is 0 Å². The van der Waals surface area contributed by atoms with E-state index in [1.165, 1.54) is 0 Å². The Morgan fingerprint density at radius 2 is 1.46 bits per heavy atom. The second-order valence-electron chi connectivity index (χ2n) is 9.32. The fourth-order valence-electron chi connectivity index (χ4n) is 5.40. The Labute approximate surface area is 224 Å². The molecule has 5 heteroatoms. The van der Waals surface area contributed by atoms with Crippen molar-refractivity contribution in [2.45, 2.75) is 0 Å². The zero-order valence-corrected chi connectivity index (χ0v) is 20.7. The van der Waals surface area contributed by atoms with Crippen molar-refractivity contribution in [2.75, 3.05) is 0 Å². The molecule has 180 valence electrons. The van der Waals surface area contributed by atoms with E-state index in [-0.39, 0.29) is 0 Å². The quantitative estimate of drug-likeness (QED) is 0.230. The molecule has 0 fully saturated rings. The Balaban J connectivity index is 1.63. The fourth-order valence-corrected chi connectivity index (χ4v) is 5.40. The Hall–Kier alpha value is -5.78. The molecule has 0 saturated carbocycles. The van der Waals surface area contributed by atoms with Gasteiger partial charge in [0.25, 0.3) is 0 Å². The summed E-state index contributed by atoms with van der Waals surface area (Å²) in [5, 5.41) is 13.9. The number of fused-ring (bicyclic) bond motifs is 5. The topological polar surface area (TPSA) is 58.9 Å². The van der Waals surface area contributed by atoms with Crippen molar-refractivity contribution in [3.8, 4) is 34.3 Å². The van der Waals surface area contributed by atoms with Crippen LogP contribution in [-0.4, -0.2) is 14.5 Å². The van der Waals surface area contributed by atoms with Crippen molar-refractivity contribution in [3.05, 3.63) is 133 Å². The molecule has 7 rings (SSSR count). The lowest BCUT2D eigenvalue weighted by atomic mass is 9.96. The largest absolute Gasteiger partial charge is 0.309 e. The Morgan fingerprint density at radius 3 is 2.28 bits per heavy atom. The molecule has 0 aliphatic carbocycles. The average Bonchev–Trinajstić information content (AvgIpc) is 3.34. The van der Waals surface area contributed by atoms with Gasteiger partial charge in [-0.15, -0.1) is 0 Å². The first-order valence-electron chi connectivity index (χ1n) is 12.5. The Bertz CT molecular complexity index is 2140. The zero-order chi connectivity index (χ0) is 26.3. The predicted octanol–water partition coefficient (Wildman–Crippen LogP) is 8.48. The van der Waals surface area contributed by atoms with Crippen LogP contribution < -0.4 is 0 Å². The third-order valence-electron chi connectivity index (χ3n) is 7.12. The maximum absolute atomic E-state index is 9.42. The van der Waals surface area contributed by atoms with Gasteiger partial charge >= 0.3 is 0 Å². The van der Waals surface area contributed by atoms with Gasteiger partial charge < -0.3 is 4.57 Å². The van der Waals surface area contributed by atoms with Crippen molar-refractivity contribution >= 4 is 38.3 Å².